The molecule has 1 heterocycles. The molecule has 0 aliphatic carbocycles. The molecule has 1 fully saturated rings. The van der Waals surface area contributed by atoms with Gasteiger partial charge in [0, 0.05) is 19.5 Å². The van der Waals surface area contributed by atoms with E-state index in [4.69, 9.17) is 15.9 Å². The Hall–Kier alpha value is -1.14. The van der Waals surface area contributed by atoms with Gasteiger partial charge in [-0.05, 0) is 19.3 Å². The Morgan fingerprint density at radius 2 is 2.00 bits per heavy atom. The Labute approximate surface area is 114 Å². The summed E-state index contributed by atoms with van der Waals surface area (Å²) < 4.78 is 0. The smallest absolute Gasteiger partial charge is 0.326 e. The van der Waals surface area contributed by atoms with Gasteiger partial charge in [0.2, 0.25) is 5.91 Å². The first-order chi connectivity index (χ1) is 9.08. The fourth-order valence-corrected chi connectivity index (χ4v) is 1.99. The van der Waals surface area contributed by atoms with Crippen molar-refractivity contribution in [2.24, 2.45) is 5.73 Å². The van der Waals surface area contributed by atoms with Crippen molar-refractivity contribution >= 4 is 11.9 Å². The highest BCUT2D eigenvalue weighted by Gasteiger charge is 2.33. The van der Waals surface area contributed by atoms with Crippen LogP contribution in [0.15, 0.2) is 0 Å². The summed E-state index contributed by atoms with van der Waals surface area (Å²) in [6.07, 6.45) is 4.91. The summed E-state index contributed by atoms with van der Waals surface area (Å²) in [5.41, 5.74) is 4.78. The van der Waals surface area contributed by atoms with Crippen LogP contribution in [0.25, 0.3) is 0 Å². The molecule has 1 aliphatic rings. The number of likely N-dealkylation sites (tertiary alicyclic amines) is 1. The lowest BCUT2D eigenvalue weighted by atomic mass is 10.1. The molecule has 0 aromatic rings. The molecule has 6 nitrogen and oxygen atoms in total. The van der Waals surface area contributed by atoms with E-state index >= 15 is 0 Å². The van der Waals surface area contributed by atoms with Crippen molar-refractivity contribution in [3.8, 4) is 0 Å². The van der Waals surface area contributed by atoms with Crippen molar-refractivity contribution in [2.75, 3.05) is 19.7 Å². The van der Waals surface area contributed by atoms with Gasteiger partial charge in [-0.25, -0.2) is 4.79 Å². The maximum absolute atomic E-state index is 11.7. The second-order valence-electron chi connectivity index (χ2n) is 4.55. The van der Waals surface area contributed by atoms with Crippen LogP contribution in [-0.2, 0) is 9.59 Å². The third-order valence-electron chi connectivity index (χ3n) is 2.98. The monoisotopic (exact) mass is 274 g/mol. The third kappa shape index (κ3) is 7.12. The molecule has 19 heavy (non-hydrogen) atoms. The Morgan fingerprint density at radius 3 is 2.47 bits per heavy atom. The van der Waals surface area contributed by atoms with E-state index in [0.29, 0.717) is 25.9 Å². The summed E-state index contributed by atoms with van der Waals surface area (Å²) in [4.78, 5) is 24.1. The van der Waals surface area contributed by atoms with E-state index in [1.54, 1.807) is 0 Å². The van der Waals surface area contributed by atoms with E-state index in [-0.39, 0.29) is 12.5 Å². The van der Waals surface area contributed by atoms with Crippen LogP contribution in [-0.4, -0.2) is 52.7 Å². The van der Waals surface area contributed by atoms with E-state index in [9.17, 15) is 9.59 Å². The van der Waals surface area contributed by atoms with Gasteiger partial charge >= 0.3 is 5.97 Å². The third-order valence-corrected chi connectivity index (χ3v) is 2.98. The molecule has 6 heteroatoms. The zero-order valence-electron chi connectivity index (χ0n) is 11.7. The van der Waals surface area contributed by atoms with Gasteiger partial charge in [0.1, 0.15) is 6.04 Å². The Morgan fingerprint density at radius 1 is 1.37 bits per heavy atom. The number of aliphatic hydroxyl groups excluding tert-OH is 1. The SMILES string of the molecule is CCCCCC(=O)N1CCC[C@H]1C(=O)O.NCCO. The Kier molecular flexibility index (Phi) is 10.1. The zero-order chi connectivity index (χ0) is 14.7. The number of carbonyl (C=O) groups is 2. The average Bonchev–Trinajstić information content (AvgIpc) is 2.88. The zero-order valence-corrected chi connectivity index (χ0v) is 11.7. The van der Waals surface area contributed by atoms with Crippen LogP contribution in [0.2, 0.25) is 0 Å². The summed E-state index contributed by atoms with van der Waals surface area (Å²) in [6, 6.07) is -0.570. The molecule has 0 spiro atoms. The largest absolute Gasteiger partial charge is 0.480 e. The molecule has 112 valence electrons. The van der Waals surface area contributed by atoms with E-state index in [1.165, 1.54) is 4.90 Å². The Balaban J connectivity index is 0.000000711. The fourth-order valence-electron chi connectivity index (χ4n) is 1.99. The first kappa shape index (κ1) is 17.9. The lowest BCUT2D eigenvalue weighted by Gasteiger charge is -2.21. The van der Waals surface area contributed by atoms with E-state index in [0.717, 1.165) is 25.7 Å². The number of carboxylic acids is 1. The number of unbranched alkanes of at least 4 members (excludes halogenated alkanes) is 2. The molecular weight excluding hydrogens is 248 g/mol. The lowest BCUT2D eigenvalue weighted by Crippen LogP contribution is -2.40. The average molecular weight is 274 g/mol. The minimum absolute atomic E-state index is 0.00773. The number of hydrogen-bond donors (Lipinski definition) is 3. The van der Waals surface area contributed by atoms with Crippen LogP contribution in [0.1, 0.15) is 45.4 Å². The number of rotatable bonds is 6. The van der Waals surface area contributed by atoms with E-state index < -0.39 is 12.0 Å². The highest BCUT2D eigenvalue weighted by Crippen LogP contribution is 2.19. The molecule has 1 saturated heterocycles. The second-order valence-corrected chi connectivity index (χ2v) is 4.55. The van der Waals surface area contributed by atoms with Gasteiger partial charge in [-0.3, -0.25) is 4.79 Å². The van der Waals surface area contributed by atoms with Crippen LogP contribution in [0.5, 0.6) is 0 Å². The van der Waals surface area contributed by atoms with Crippen molar-refractivity contribution < 1.29 is 19.8 Å². The topological polar surface area (TPSA) is 104 Å². The molecule has 0 unspecified atom stereocenters. The molecular formula is C13H26N2O4. The summed E-state index contributed by atoms with van der Waals surface area (Å²) in [7, 11) is 0. The summed E-state index contributed by atoms with van der Waals surface area (Å²) in [5.74, 6) is -0.857. The molecule has 1 aliphatic heterocycles. The van der Waals surface area contributed by atoms with Crippen molar-refractivity contribution in [2.45, 2.75) is 51.5 Å². The van der Waals surface area contributed by atoms with Gasteiger partial charge in [0.05, 0.1) is 6.61 Å². The van der Waals surface area contributed by atoms with Crippen molar-refractivity contribution in [1.29, 1.82) is 0 Å². The highest BCUT2D eigenvalue weighted by molar-refractivity contribution is 5.84. The minimum Gasteiger partial charge on any atom is -0.480 e. The number of carbonyl (C=O) groups excluding carboxylic acids is 1. The first-order valence-corrected chi connectivity index (χ1v) is 6.91. The van der Waals surface area contributed by atoms with Gasteiger partial charge < -0.3 is 20.8 Å². The number of nitrogens with zero attached hydrogens (tertiary/aromatic N) is 1. The van der Waals surface area contributed by atoms with Gasteiger partial charge in [0.15, 0.2) is 0 Å². The quantitative estimate of drug-likeness (QED) is 0.615. The highest BCUT2D eigenvalue weighted by atomic mass is 16.4. The standard InChI is InChI=1S/C11H19NO3.C2H7NO/c1-2-3-4-7-10(13)12-8-5-6-9(12)11(14)15;3-1-2-4/h9H,2-8H2,1H3,(H,14,15);4H,1-3H2/t9-;/m0./s1. The van der Waals surface area contributed by atoms with Crippen molar-refractivity contribution in [1.82, 2.24) is 4.90 Å². The van der Waals surface area contributed by atoms with Crippen LogP contribution < -0.4 is 5.73 Å². The molecule has 1 amide bonds. The Bertz CT molecular complexity index is 269. The molecule has 1 rings (SSSR count). The van der Waals surface area contributed by atoms with Gasteiger partial charge in [-0.2, -0.15) is 0 Å². The van der Waals surface area contributed by atoms with Gasteiger partial charge in [-0.1, -0.05) is 19.8 Å². The maximum atomic E-state index is 11.7. The molecule has 0 aromatic carbocycles. The predicted molar refractivity (Wildman–Crippen MR) is 72.7 cm³/mol. The molecule has 1 atom stereocenters. The van der Waals surface area contributed by atoms with E-state index in [2.05, 4.69) is 6.92 Å². The lowest BCUT2D eigenvalue weighted by molar-refractivity contribution is -0.148. The van der Waals surface area contributed by atoms with Gasteiger partial charge in [0.25, 0.3) is 0 Å². The van der Waals surface area contributed by atoms with E-state index in [1.807, 2.05) is 0 Å². The number of nitrogens with two attached hydrogens (primary N) is 1. The van der Waals surface area contributed by atoms with Crippen LogP contribution in [0, 0.1) is 0 Å². The summed E-state index contributed by atoms with van der Waals surface area (Å²) >= 11 is 0. The summed E-state index contributed by atoms with van der Waals surface area (Å²) in [6.45, 7) is 3.17. The number of aliphatic hydroxyl groups is 1. The maximum Gasteiger partial charge on any atom is 0.326 e. The van der Waals surface area contributed by atoms with Crippen LogP contribution in [0.3, 0.4) is 0 Å². The van der Waals surface area contributed by atoms with Gasteiger partial charge in [-0.15, -0.1) is 0 Å². The van der Waals surface area contributed by atoms with Crippen molar-refractivity contribution in [3.63, 3.8) is 0 Å². The number of amides is 1. The molecule has 0 radical (unpaired) electrons. The molecule has 0 saturated carbocycles. The normalized spacial score (nSPS) is 17.8. The predicted octanol–water partition coefficient (Wildman–Crippen LogP) is 0.580. The second kappa shape index (κ2) is 10.8. The summed E-state index contributed by atoms with van der Waals surface area (Å²) in [5, 5.41) is 16.7. The van der Waals surface area contributed by atoms with Crippen molar-refractivity contribution in [3.05, 3.63) is 0 Å². The minimum atomic E-state index is -0.864. The first-order valence-electron chi connectivity index (χ1n) is 6.91. The molecule has 0 aromatic heterocycles. The van der Waals surface area contributed by atoms with Crippen LogP contribution in [0.4, 0.5) is 0 Å². The molecule has 4 N–H and O–H groups in total. The van der Waals surface area contributed by atoms with Crippen LogP contribution >= 0.6 is 0 Å². The fraction of sp³-hybridized carbons (Fsp3) is 0.846. The molecule has 0 bridgehead atoms. The number of hydrogen-bond acceptors (Lipinski definition) is 4. The number of carboxylic acid groups (broad SMARTS) is 1. The number of aliphatic carboxylic acids is 1.